The third-order valence-electron chi connectivity index (χ3n) is 19.1. The van der Waals surface area contributed by atoms with Gasteiger partial charge in [0.05, 0.1) is 0 Å². The van der Waals surface area contributed by atoms with Crippen LogP contribution in [0.25, 0.3) is 100 Å². The molecule has 0 heterocycles. The molecule has 15 aromatic carbocycles. The number of benzene rings is 15. The van der Waals surface area contributed by atoms with Gasteiger partial charge in [-0.3, -0.25) is 0 Å². The molecule has 3 aliphatic rings. The molecule has 0 radical (unpaired) electrons. The van der Waals surface area contributed by atoms with E-state index in [1.807, 2.05) is 83.1 Å². The molecule has 0 amide bonds. The predicted octanol–water partition coefficient (Wildman–Crippen LogP) is 32.8. The molecule has 0 N–H and O–H groups in total. The zero-order valence-corrected chi connectivity index (χ0v) is 69.8. The minimum Gasteiger partial charge on any atom is -0.0683 e. The van der Waals surface area contributed by atoms with E-state index in [0.717, 1.165) is 19.3 Å². The van der Waals surface area contributed by atoms with Crippen molar-refractivity contribution in [3.05, 3.63) is 431 Å². The highest BCUT2D eigenvalue weighted by Gasteiger charge is 2.19. The molecule has 564 valence electrons. The average molecular weight is 1450 g/mol. The number of hydrogen-bond donors (Lipinski definition) is 0. The molecule has 0 aliphatic heterocycles. The average Bonchev–Trinajstić information content (AvgIpc) is 1.65. The first-order valence-corrected chi connectivity index (χ1v) is 40.7. The highest BCUT2D eigenvalue weighted by molar-refractivity contribution is 5.80. The van der Waals surface area contributed by atoms with Gasteiger partial charge in [-0.15, -0.1) is 0 Å². The van der Waals surface area contributed by atoms with Crippen molar-refractivity contribution in [3.63, 3.8) is 0 Å². The Labute approximate surface area is 670 Å². The van der Waals surface area contributed by atoms with Crippen molar-refractivity contribution in [1.29, 1.82) is 0 Å². The molecule has 0 saturated heterocycles. The normalized spacial score (nSPS) is 10.3. The van der Waals surface area contributed by atoms with Gasteiger partial charge in [-0.2, -0.15) is 0 Å². The van der Waals surface area contributed by atoms with Crippen LogP contribution in [0.3, 0.4) is 0 Å². The lowest BCUT2D eigenvalue weighted by Gasteiger charge is -2.07. The molecule has 0 unspecified atom stereocenters. The number of aryl methyl sites for hydroxylation is 6. The molecule has 0 aromatic heterocycles. The van der Waals surface area contributed by atoms with Gasteiger partial charge in [-0.05, 0) is 194 Å². The van der Waals surface area contributed by atoms with Crippen molar-refractivity contribution in [2.45, 2.75) is 144 Å². The molecule has 3 aliphatic carbocycles. The molecule has 0 atom stereocenters. The summed E-state index contributed by atoms with van der Waals surface area (Å²) < 4.78 is 0. The van der Waals surface area contributed by atoms with E-state index in [2.05, 4.69) is 406 Å². The number of rotatable bonds is 6. The highest BCUT2D eigenvalue weighted by atomic mass is 14.2. The van der Waals surface area contributed by atoms with Gasteiger partial charge in [0.1, 0.15) is 0 Å². The SMILES string of the molecule is CC.CC.CC.CC.CC.CC.Cc1ccc(-c2ccc(-c3ccc(-c4ccc(C)cc4)cc3)cc2)cc1.Cc1ccc(-c2ccc(-c3ccc(C)cc3)cc2)cc1.Cc1ccc(-c2ccc(C)cc2)cc1.c1ccc2c(c1)Cc1ccccc1-2.c1ccc2c(c1)Cc1ccccc1-2.c1ccc2c(c1)Cc1ccccc1-2. The summed E-state index contributed by atoms with van der Waals surface area (Å²) >= 11 is 0. The molecule has 15 aromatic rings. The minimum atomic E-state index is 1.10. The lowest BCUT2D eigenvalue weighted by Crippen LogP contribution is -1.82. The summed E-state index contributed by atoms with van der Waals surface area (Å²) in [5.74, 6) is 0. The van der Waals surface area contributed by atoms with Crippen molar-refractivity contribution in [2.24, 2.45) is 0 Å². The van der Waals surface area contributed by atoms with Crippen LogP contribution in [0, 0.1) is 41.5 Å². The molecule has 0 saturated carbocycles. The van der Waals surface area contributed by atoms with Gasteiger partial charge < -0.3 is 0 Å². The van der Waals surface area contributed by atoms with Crippen LogP contribution in [0.1, 0.15) is 150 Å². The quantitative estimate of drug-likeness (QED) is 0.156. The molecular weight excluding hydrogens is 1330 g/mol. The summed E-state index contributed by atoms with van der Waals surface area (Å²) in [6.45, 7) is 36.7. The van der Waals surface area contributed by atoms with Crippen molar-refractivity contribution in [2.75, 3.05) is 0 Å². The molecule has 18 rings (SSSR count). The van der Waals surface area contributed by atoms with E-state index >= 15 is 0 Å². The van der Waals surface area contributed by atoms with Crippen molar-refractivity contribution in [1.82, 2.24) is 0 Å². The minimum absolute atomic E-state index is 1.10. The third-order valence-corrected chi connectivity index (χ3v) is 19.1. The van der Waals surface area contributed by atoms with E-state index in [-0.39, 0.29) is 0 Å². The van der Waals surface area contributed by atoms with Crippen molar-refractivity contribution < 1.29 is 0 Å². The van der Waals surface area contributed by atoms with Gasteiger partial charge in [0.2, 0.25) is 0 Å². The Kier molecular flexibility index (Phi) is 36.3. The van der Waals surface area contributed by atoms with Gasteiger partial charge in [0.25, 0.3) is 0 Å². The smallest absolute Gasteiger partial charge is 0.00135 e. The Morgan fingerprint density at radius 2 is 0.207 bits per heavy atom. The highest BCUT2D eigenvalue weighted by Crippen LogP contribution is 2.39. The van der Waals surface area contributed by atoms with Crippen LogP contribution in [-0.2, 0) is 19.3 Å². The zero-order chi connectivity index (χ0) is 79.9. The second kappa shape index (κ2) is 46.6. The molecule has 0 heteroatoms. The van der Waals surface area contributed by atoms with Gasteiger partial charge in [0.15, 0.2) is 0 Å². The second-order valence-corrected chi connectivity index (χ2v) is 26.4. The van der Waals surface area contributed by atoms with E-state index in [1.165, 1.54) is 167 Å². The molecule has 111 heavy (non-hydrogen) atoms. The van der Waals surface area contributed by atoms with E-state index in [9.17, 15) is 0 Å². The molecule has 0 spiro atoms. The molecular formula is C111H120. The topological polar surface area (TPSA) is 0 Å². The van der Waals surface area contributed by atoms with Crippen molar-refractivity contribution in [3.8, 4) is 100 Å². The third kappa shape index (κ3) is 24.7. The Bertz CT molecular complexity index is 4570. The van der Waals surface area contributed by atoms with Gasteiger partial charge in [-0.1, -0.05) is 480 Å². The van der Waals surface area contributed by atoms with Crippen LogP contribution in [0.4, 0.5) is 0 Å². The van der Waals surface area contributed by atoms with Crippen LogP contribution < -0.4 is 0 Å². The fourth-order valence-electron chi connectivity index (χ4n) is 13.3. The maximum absolute atomic E-state index is 2.22. The standard InChI is InChI=1S/C26H22.C20H18.C14H14.3C13H10.6C2H6/c1-19-3-7-21(8-4-19)23-11-15-25(16-12-23)26-17-13-24(14-18-26)22-9-5-20(2)6-10-22;1-15-3-7-17(8-4-15)19-11-13-20(14-12-19)18-9-5-16(2)6-10-18;1-11-3-7-13(8-4-11)14-9-5-12(2)6-10-14;3*1-3-7-12-10(5-1)9-11-6-2-4-8-13(11)12;6*1-2/h3-18H,1-2H3;3-14H,1-2H3;3-10H,1-2H3;3*1-8H,9H2;6*1-2H3. The Hall–Kier alpha value is -11.7. The van der Waals surface area contributed by atoms with Crippen molar-refractivity contribution >= 4 is 0 Å². The largest absolute Gasteiger partial charge is 0.0683 e. The Morgan fingerprint density at radius 1 is 0.117 bits per heavy atom. The monoisotopic (exact) mass is 1450 g/mol. The van der Waals surface area contributed by atoms with Crippen LogP contribution >= 0.6 is 0 Å². The van der Waals surface area contributed by atoms with E-state index in [4.69, 9.17) is 0 Å². The maximum atomic E-state index is 2.22. The van der Waals surface area contributed by atoms with Crippen LogP contribution in [-0.4, -0.2) is 0 Å². The van der Waals surface area contributed by atoms with Crippen LogP contribution in [0.5, 0.6) is 0 Å². The van der Waals surface area contributed by atoms with E-state index in [0.29, 0.717) is 0 Å². The first-order valence-electron chi connectivity index (χ1n) is 40.7. The lowest BCUT2D eigenvalue weighted by molar-refractivity contribution is 1.26. The Morgan fingerprint density at radius 3 is 0.315 bits per heavy atom. The first kappa shape index (κ1) is 86.5. The van der Waals surface area contributed by atoms with Gasteiger partial charge >= 0.3 is 0 Å². The fraction of sp³-hybridized carbons (Fsp3) is 0.189. The fourth-order valence-corrected chi connectivity index (χ4v) is 13.3. The maximum Gasteiger partial charge on any atom is -0.00135 e. The van der Waals surface area contributed by atoms with E-state index in [1.54, 1.807) is 0 Å². The van der Waals surface area contributed by atoms with Crippen LogP contribution in [0.15, 0.2) is 364 Å². The van der Waals surface area contributed by atoms with Crippen LogP contribution in [0.2, 0.25) is 0 Å². The summed E-state index contributed by atoms with van der Waals surface area (Å²) in [4.78, 5) is 0. The second-order valence-electron chi connectivity index (χ2n) is 26.4. The number of fused-ring (bicyclic) bond motifs is 9. The van der Waals surface area contributed by atoms with E-state index < -0.39 is 0 Å². The first-order chi connectivity index (χ1) is 54.5. The molecule has 0 fully saturated rings. The summed E-state index contributed by atoms with van der Waals surface area (Å²) in [6, 6.07) is 130. The Balaban J connectivity index is 0.000000183. The molecule has 0 bridgehead atoms. The van der Waals surface area contributed by atoms with Gasteiger partial charge in [0, 0.05) is 0 Å². The summed E-state index contributed by atoms with van der Waals surface area (Å²) in [7, 11) is 0. The number of hydrogen-bond acceptors (Lipinski definition) is 0. The van der Waals surface area contributed by atoms with Gasteiger partial charge in [-0.25, -0.2) is 0 Å². The molecule has 0 nitrogen and oxygen atoms in total. The summed E-state index contributed by atoms with van der Waals surface area (Å²) in [6.07, 6.45) is 3.31. The summed E-state index contributed by atoms with van der Waals surface area (Å²) in [5.41, 5.74) is 40.2. The lowest BCUT2D eigenvalue weighted by atomic mass is 9.97. The summed E-state index contributed by atoms with van der Waals surface area (Å²) in [5, 5.41) is 0. The predicted molar refractivity (Wildman–Crippen MR) is 493 cm³/mol. The zero-order valence-electron chi connectivity index (χ0n) is 69.8.